The van der Waals surface area contributed by atoms with E-state index in [9.17, 15) is 19.1 Å². The normalized spacial score (nSPS) is 11.6. The molecule has 0 saturated carbocycles. The molecule has 0 spiro atoms. The second-order valence-electron chi connectivity index (χ2n) is 5.74. The lowest BCUT2D eigenvalue weighted by atomic mass is 10.1. The molecule has 0 fully saturated rings. The van der Waals surface area contributed by atoms with Crippen LogP contribution in [0.5, 0.6) is 5.75 Å². The average Bonchev–Trinajstić information content (AvgIpc) is 2.56. The van der Waals surface area contributed by atoms with E-state index in [4.69, 9.17) is 4.74 Å². The molecule has 2 rings (SSSR count). The van der Waals surface area contributed by atoms with Gasteiger partial charge in [0, 0.05) is 6.54 Å². The van der Waals surface area contributed by atoms with Gasteiger partial charge >= 0.3 is 5.97 Å². The van der Waals surface area contributed by atoms with Crippen molar-refractivity contribution < 1.29 is 23.8 Å². The Kier molecular flexibility index (Phi) is 6.11. The van der Waals surface area contributed by atoms with Crippen LogP contribution >= 0.6 is 0 Å². The highest BCUT2D eigenvalue weighted by molar-refractivity contribution is 5.94. The van der Waals surface area contributed by atoms with Crippen molar-refractivity contribution in [2.45, 2.75) is 26.4 Å². The molecule has 0 aromatic heterocycles. The lowest BCUT2D eigenvalue weighted by Crippen LogP contribution is -2.36. The maximum absolute atomic E-state index is 12.8. The van der Waals surface area contributed by atoms with Crippen molar-refractivity contribution in [3.63, 3.8) is 0 Å². The van der Waals surface area contributed by atoms with E-state index in [0.29, 0.717) is 13.0 Å². The Morgan fingerprint density at radius 2 is 1.88 bits per heavy atom. The fourth-order valence-electron chi connectivity index (χ4n) is 2.22. The molecule has 0 aliphatic carbocycles. The number of esters is 1. The minimum absolute atomic E-state index is 0.0107. The number of amides is 1. The number of carbonyl (C=O) groups is 2. The van der Waals surface area contributed by atoms with E-state index in [-0.39, 0.29) is 17.1 Å². The molecule has 0 bridgehead atoms. The van der Waals surface area contributed by atoms with Gasteiger partial charge in [-0.1, -0.05) is 18.2 Å². The molecule has 132 valence electrons. The van der Waals surface area contributed by atoms with E-state index in [1.165, 1.54) is 31.2 Å². The van der Waals surface area contributed by atoms with Crippen LogP contribution in [-0.2, 0) is 16.0 Å². The van der Waals surface area contributed by atoms with Gasteiger partial charge < -0.3 is 15.2 Å². The van der Waals surface area contributed by atoms with Gasteiger partial charge in [-0.3, -0.25) is 4.79 Å². The summed E-state index contributed by atoms with van der Waals surface area (Å²) < 4.78 is 17.9. The lowest BCUT2D eigenvalue weighted by Gasteiger charge is -2.14. The van der Waals surface area contributed by atoms with Crippen LogP contribution in [0.25, 0.3) is 0 Å². The van der Waals surface area contributed by atoms with Crippen molar-refractivity contribution in [1.82, 2.24) is 5.32 Å². The van der Waals surface area contributed by atoms with Gasteiger partial charge in [-0.15, -0.1) is 0 Å². The molecule has 0 unspecified atom stereocenters. The van der Waals surface area contributed by atoms with Crippen LogP contribution in [0, 0.1) is 12.7 Å². The third-order valence-corrected chi connectivity index (χ3v) is 3.65. The van der Waals surface area contributed by atoms with Crippen LogP contribution in [0.2, 0.25) is 0 Å². The summed E-state index contributed by atoms with van der Waals surface area (Å²) in [7, 11) is 0. The Labute approximate surface area is 145 Å². The Morgan fingerprint density at radius 3 is 2.52 bits per heavy atom. The number of aryl methyl sites for hydroxylation is 1. The highest BCUT2D eigenvalue weighted by Crippen LogP contribution is 2.19. The van der Waals surface area contributed by atoms with Crippen molar-refractivity contribution in [3.8, 4) is 5.75 Å². The highest BCUT2D eigenvalue weighted by atomic mass is 19.1. The van der Waals surface area contributed by atoms with Crippen molar-refractivity contribution >= 4 is 11.9 Å². The summed E-state index contributed by atoms with van der Waals surface area (Å²) in [5.41, 5.74) is 1.70. The third-order valence-electron chi connectivity index (χ3n) is 3.65. The van der Waals surface area contributed by atoms with Gasteiger partial charge in [-0.05, 0) is 55.7 Å². The van der Waals surface area contributed by atoms with Crippen molar-refractivity contribution in [2.24, 2.45) is 0 Å². The van der Waals surface area contributed by atoms with Crippen LogP contribution in [0.3, 0.4) is 0 Å². The van der Waals surface area contributed by atoms with Crippen molar-refractivity contribution in [2.75, 3.05) is 6.54 Å². The maximum Gasteiger partial charge on any atom is 0.342 e. The molecule has 0 heterocycles. The molecule has 2 aromatic carbocycles. The fourth-order valence-corrected chi connectivity index (χ4v) is 2.22. The largest absolute Gasteiger partial charge is 0.507 e. The summed E-state index contributed by atoms with van der Waals surface area (Å²) in [4.78, 5) is 24.0. The second-order valence-corrected chi connectivity index (χ2v) is 5.74. The van der Waals surface area contributed by atoms with Crippen LogP contribution in [0.1, 0.15) is 28.4 Å². The summed E-state index contributed by atoms with van der Waals surface area (Å²) in [6.07, 6.45) is -0.466. The van der Waals surface area contributed by atoms with E-state index in [2.05, 4.69) is 5.32 Å². The van der Waals surface area contributed by atoms with Gasteiger partial charge in [0.2, 0.25) is 0 Å². The van der Waals surface area contributed by atoms with E-state index >= 15 is 0 Å². The Morgan fingerprint density at radius 1 is 1.20 bits per heavy atom. The first-order chi connectivity index (χ1) is 11.9. The number of benzene rings is 2. The maximum atomic E-state index is 12.8. The fraction of sp³-hybridized carbons (Fsp3) is 0.263. The molecular formula is C19H20FNO4. The third kappa shape index (κ3) is 5.31. The Hall–Kier alpha value is -2.89. The number of aromatic hydroxyl groups is 1. The number of halogens is 1. The Bertz CT molecular complexity index is 759. The smallest absolute Gasteiger partial charge is 0.342 e. The zero-order valence-corrected chi connectivity index (χ0v) is 14.1. The van der Waals surface area contributed by atoms with E-state index < -0.39 is 18.0 Å². The predicted molar refractivity (Wildman–Crippen MR) is 90.8 cm³/mol. The molecule has 2 N–H and O–H groups in total. The van der Waals surface area contributed by atoms with Gasteiger partial charge in [0.15, 0.2) is 6.10 Å². The van der Waals surface area contributed by atoms with Gasteiger partial charge in [0.25, 0.3) is 5.91 Å². The molecule has 25 heavy (non-hydrogen) atoms. The van der Waals surface area contributed by atoms with Gasteiger partial charge in [0.1, 0.15) is 17.1 Å². The number of ether oxygens (including phenoxy) is 1. The number of hydrogen-bond acceptors (Lipinski definition) is 4. The first-order valence-corrected chi connectivity index (χ1v) is 7.89. The molecular weight excluding hydrogens is 325 g/mol. The summed E-state index contributed by atoms with van der Waals surface area (Å²) >= 11 is 0. The van der Waals surface area contributed by atoms with Gasteiger partial charge in [0.05, 0.1) is 0 Å². The van der Waals surface area contributed by atoms with Gasteiger partial charge in [-0.25, -0.2) is 9.18 Å². The van der Waals surface area contributed by atoms with Crippen LogP contribution in [0.4, 0.5) is 4.39 Å². The van der Waals surface area contributed by atoms with Crippen LogP contribution in [0.15, 0.2) is 42.5 Å². The van der Waals surface area contributed by atoms with E-state index in [1.807, 2.05) is 0 Å². The molecule has 0 saturated heterocycles. The minimum atomic E-state index is -0.999. The SMILES string of the molecule is Cc1ccc(C(=O)O[C@H](C)C(=O)NCCc2ccc(F)cc2)c(O)c1. The number of rotatable bonds is 6. The monoisotopic (exact) mass is 345 g/mol. The summed E-state index contributed by atoms with van der Waals surface area (Å²) in [5.74, 6) is -1.71. The molecule has 0 aliphatic heterocycles. The second kappa shape index (κ2) is 8.28. The van der Waals surface area contributed by atoms with Crippen molar-refractivity contribution in [3.05, 3.63) is 65.0 Å². The zero-order valence-electron chi connectivity index (χ0n) is 14.1. The van der Waals surface area contributed by atoms with E-state index in [1.54, 1.807) is 25.1 Å². The topological polar surface area (TPSA) is 75.6 Å². The van der Waals surface area contributed by atoms with Crippen molar-refractivity contribution in [1.29, 1.82) is 0 Å². The first-order valence-electron chi connectivity index (χ1n) is 7.89. The van der Waals surface area contributed by atoms with Crippen LogP contribution in [-0.4, -0.2) is 29.6 Å². The average molecular weight is 345 g/mol. The highest BCUT2D eigenvalue weighted by Gasteiger charge is 2.20. The first kappa shape index (κ1) is 18.4. The van der Waals surface area contributed by atoms with Crippen LogP contribution < -0.4 is 5.32 Å². The standard InChI is InChI=1S/C19H20FNO4/c1-12-3-8-16(17(22)11-12)19(24)25-13(2)18(23)21-10-9-14-4-6-15(20)7-5-14/h3-8,11,13,22H,9-10H2,1-2H3,(H,21,23)/t13-/m1/s1. The molecule has 1 atom stereocenters. The molecule has 0 aliphatic rings. The van der Waals surface area contributed by atoms with E-state index in [0.717, 1.165) is 11.1 Å². The number of nitrogens with one attached hydrogen (secondary N) is 1. The number of phenols is 1. The summed E-state index contributed by atoms with van der Waals surface area (Å²) in [6.45, 7) is 3.57. The zero-order chi connectivity index (χ0) is 18.4. The predicted octanol–water partition coefficient (Wildman–Crippen LogP) is 2.74. The quantitative estimate of drug-likeness (QED) is 0.790. The molecule has 2 aromatic rings. The molecule has 1 amide bonds. The summed E-state index contributed by atoms with van der Waals surface area (Å²) in [6, 6.07) is 10.6. The number of carbonyl (C=O) groups excluding carboxylic acids is 2. The number of phenolic OH excluding ortho intramolecular Hbond substituents is 1. The molecule has 5 nitrogen and oxygen atoms in total. The minimum Gasteiger partial charge on any atom is -0.507 e. The van der Waals surface area contributed by atoms with Gasteiger partial charge in [-0.2, -0.15) is 0 Å². The molecule has 0 radical (unpaired) electrons. The molecule has 6 heteroatoms. The summed E-state index contributed by atoms with van der Waals surface area (Å²) in [5, 5.41) is 12.4. The lowest BCUT2D eigenvalue weighted by molar-refractivity contribution is -0.129. The Balaban J connectivity index is 1.83. The number of hydrogen-bond donors (Lipinski definition) is 2.